The Bertz CT molecular complexity index is 756. The zero-order valence-corrected chi connectivity index (χ0v) is 13.4. The molecule has 1 N–H and O–H groups in total. The van der Waals surface area contributed by atoms with Gasteiger partial charge < -0.3 is 14.6 Å². The summed E-state index contributed by atoms with van der Waals surface area (Å²) in [5.74, 6) is -0.651. The highest BCUT2D eigenvalue weighted by Crippen LogP contribution is 2.22. The molecule has 2 heterocycles. The highest BCUT2D eigenvalue weighted by molar-refractivity contribution is 5.96. The molecule has 0 bridgehead atoms. The van der Waals surface area contributed by atoms with Crippen LogP contribution in [-0.2, 0) is 4.79 Å². The van der Waals surface area contributed by atoms with Crippen LogP contribution in [0.15, 0.2) is 41.0 Å². The normalized spacial score (nSPS) is 17.6. The van der Waals surface area contributed by atoms with Gasteiger partial charge in [-0.2, -0.15) is 0 Å². The van der Waals surface area contributed by atoms with Gasteiger partial charge in [0.25, 0.3) is 5.91 Å². The molecule has 1 aromatic carbocycles. The zero-order valence-electron chi connectivity index (χ0n) is 13.4. The van der Waals surface area contributed by atoms with Crippen LogP contribution in [0, 0.1) is 18.7 Å². The van der Waals surface area contributed by atoms with Crippen molar-refractivity contribution in [2.75, 3.05) is 18.4 Å². The molecule has 6 heteroatoms. The van der Waals surface area contributed by atoms with Crippen LogP contribution in [-0.4, -0.2) is 29.8 Å². The number of hydrogen-bond donors (Lipinski definition) is 1. The number of hydrogen-bond acceptors (Lipinski definition) is 3. The van der Waals surface area contributed by atoms with Crippen molar-refractivity contribution in [2.45, 2.75) is 19.8 Å². The Morgan fingerprint density at radius 2 is 2.08 bits per heavy atom. The molecule has 24 heavy (non-hydrogen) atoms. The van der Waals surface area contributed by atoms with Gasteiger partial charge in [0, 0.05) is 13.1 Å². The van der Waals surface area contributed by atoms with Crippen LogP contribution in [0.2, 0.25) is 0 Å². The van der Waals surface area contributed by atoms with Crippen LogP contribution in [0.1, 0.15) is 29.0 Å². The lowest BCUT2D eigenvalue weighted by molar-refractivity contribution is -0.121. The lowest BCUT2D eigenvalue weighted by Crippen LogP contribution is -2.43. The second kappa shape index (κ2) is 6.86. The monoisotopic (exact) mass is 330 g/mol. The summed E-state index contributed by atoms with van der Waals surface area (Å²) in [5.41, 5.74) is 0.682. The summed E-state index contributed by atoms with van der Waals surface area (Å²) >= 11 is 0. The van der Waals surface area contributed by atoms with Crippen molar-refractivity contribution >= 4 is 17.5 Å². The molecule has 1 aromatic heterocycles. The van der Waals surface area contributed by atoms with Crippen molar-refractivity contribution in [3.8, 4) is 0 Å². The Balaban J connectivity index is 1.67. The average molecular weight is 330 g/mol. The molecule has 0 spiro atoms. The lowest BCUT2D eigenvalue weighted by Gasteiger charge is -2.32. The minimum atomic E-state index is -0.469. The number of nitrogens with one attached hydrogen (secondary N) is 1. The number of amides is 2. The summed E-state index contributed by atoms with van der Waals surface area (Å²) < 4.78 is 18.8. The van der Waals surface area contributed by atoms with Crippen LogP contribution in [0.4, 0.5) is 10.1 Å². The van der Waals surface area contributed by atoms with Crippen LogP contribution in [0.5, 0.6) is 0 Å². The molecule has 2 aromatic rings. The third kappa shape index (κ3) is 3.32. The van der Waals surface area contributed by atoms with Gasteiger partial charge in [0.05, 0.1) is 23.4 Å². The fraction of sp³-hybridized carbons (Fsp3) is 0.333. The molecule has 126 valence electrons. The maximum absolute atomic E-state index is 13.7. The van der Waals surface area contributed by atoms with E-state index in [1.54, 1.807) is 30.0 Å². The molecule has 1 fully saturated rings. The number of para-hydroxylation sites is 1. The van der Waals surface area contributed by atoms with E-state index in [-0.39, 0.29) is 23.4 Å². The van der Waals surface area contributed by atoms with E-state index in [1.165, 1.54) is 18.4 Å². The van der Waals surface area contributed by atoms with Gasteiger partial charge in [0.2, 0.25) is 5.91 Å². The average Bonchev–Trinajstić information content (AvgIpc) is 3.02. The van der Waals surface area contributed by atoms with Crippen molar-refractivity contribution < 1.29 is 18.4 Å². The molecular weight excluding hydrogens is 311 g/mol. The van der Waals surface area contributed by atoms with Crippen LogP contribution < -0.4 is 5.32 Å². The van der Waals surface area contributed by atoms with E-state index in [2.05, 4.69) is 5.32 Å². The summed E-state index contributed by atoms with van der Waals surface area (Å²) in [5, 5.41) is 2.62. The molecule has 1 atom stereocenters. The highest BCUT2D eigenvalue weighted by atomic mass is 19.1. The molecule has 3 rings (SSSR count). The smallest absolute Gasteiger partial charge is 0.257 e. The predicted octanol–water partition coefficient (Wildman–Crippen LogP) is 3.22. The third-order valence-electron chi connectivity index (χ3n) is 4.30. The van der Waals surface area contributed by atoms with Gasteiger partial charge >= 0.3 is 0 Å². The molecule has 0 radical (unpaired) electrons. The van der Waals surface area contributed by atoms with Gasteiger partial charge in [-0.25, -0.2) is 4.39 Å². The van der Waals surface area contributed by atoms with Crippen molar-refractivity contribution in [2.24, 2.45) is 5.92 Å². The quantitative estimate of drug-likeness (QED) is 0.940. The first-order valence-corrected chi connectivity index (χ1v) is 7.95. The number of carbonyl (C=O) groups excluding carboxylic acids is 2. The first-order chi connectivity index (χ1) is 11.6. The Hall–Kier alpha value is -2.63. The number of aryl methyl sites for hydroxylation is 1. The summed E-state index contributed by atoms with van der Waals surface area (Å²) in [4.78, 5) is 26.6. The molecule has 1 aliphatic rings. The van der Waals surface area contributed by atoms with E-state index in [9.17, 15) is 14.0 Å². The number of furan rings is 1. The lowest BCUT2D eigenvalue weighted by atomic mass is 9.96. The molecule has 0 aliphatic carbocycles. The van der Waals surface area contributed by atoms with Crippen LogP contribution >= 0.6 is 0 Å². The van der Waals surface area contributed by atoms with Crippen molar-refractivity contribution in [3.05, 3.63) is 53.7 Å². The van der Waals surface area contributed by atoms with Gasteiger partial charge in [0.1, 0.15) is 11.6 Å². The number of carbonyl (C=O) groups is 2. The van der Waals surface area contributed by atoms with E-state index < -0.39 is 5.82 Å². The Labute approximate surface area is 139 Å². The topological polar surface area (TPSA) is 62.6 Å². The van der Waals surface area contributed by atoms with Gasteiger partial charge in [-0.1, -0.05) is 12.1 Å². The maximum atomic E-state index is 13.7. The fourth-order valence-corrected chi connectivity index (χ4v) is 2.95. The molecule has 2 amide bonds. The van der Waals surface area contributed by atoms with Gasteiger partial charge in [-0.05, 0) is 38.0 Å². The standard InChI is InChI=1S/C18H19FN2O3/c1-12-14(8-10-24-12)18(23)21-9-4-5-13(11-21)17(22)20-16-7-3-2-6-15(16)19/h2-3,6-8,10,13H,4-5,9,11H2,1H3,(H,20,22). The largest absolute Gasteiger partial charge is 0.469 e. The number of anilines is 1. The third-order valence-corrected chi connectivity index (χ3v) is 4.30. The van der Waals surface area contributed by atoms with E-state index in [0.717, 1.165) is 6.42 Å². The molecule has 1 unspecified atom stereocenters. The number of nitrogens with zero attached hydrogens (tertiary/aromatic N) is 1. The molecule has 5 nitrogen and oxygen atoms in total. The molecule has 0 saturated carbocycles. The van der Waals surface area contributed by atoms with Crippen molar-refractivity contribution in [3.63, 3.8) is 0 Å². The number of rotatable bonds is 3. The minimum absolute atomic E-state index is 0.135. The fourth-order valence-electron chi connectivity index (χ4n) is 2.95. The van der Waals surface area contributed by atoms with E-state index in [4.69, 9.17) is 4.42 Å². The first kappa shape index (κ1) is 16.2. The van der Waals surface area contributed by atoms with E-state index in [1.807, 2.05) is 0 Å². The second-order valence-corrected chi connectivity index (χ2v) is 5.95. The van der Waals surface area contributed by atoms with Crippen LogP contribution in [0.3, 0.4) is 0 Å². The summed E-state index contributed by atoms with van der Waals surface area (Å²) in [6, 6.07) is 7.69. The van der Waals surface area contributed by atoms with E-state index >= 15 is 0 Å². The molecule has 1 saturated heterocycles. The maximum Gasteiger partial charge on any atom is 0.257 e. The van der Waals surface area contributed by atoms with Gasteiger partial charge in [0.15, 0.2) is 0 Å². The minimum Gasteiger partial charge on any atom is -0.469 e. The number of likely N-dealkylation sites (tertiary alicyclic amines) is 1. The van der Waals surface area contributed by atoms with E-state index in [0.29, 0.717) is 30.8 Å². The number of piperidine rings is 1. The summed E-state index contributed by atoms with van der Waals surface area (Å²) in [6.07, 6.45) is 2.89. The molecular formula is C18H19FN2O3. The second-order valence-electron chi connectivity index (χ2n) is 5.95. The Kier molecular flexibility index (Phi) is 4.64. The van der Waals surface area contributed by atoms with Gasteiger partial charge in [-0.3, -0.25) is 9.59 Å². The van der Waals surface area contributed by atoms with Crippen molar-refractivity contribution in [1.82, 2.24) is 4.90 Å². The highest BCUT2D eigenvalue weighted by Gasteiger charge is 2.30. The Morgan fingerprint density at radius 3 is 2.79 bits per heavy atom. The zero-order chi connectivity index (χ0) is 17.1. The summed E-state index contributed by atoms with van der Waals surface area (Å²) in [6.45, 7) is 2.66. The summed E-state index contributed by atoms with van der Waals surface area (Å²) in [7, 11) is 0. The van der Waals surface area contributed by atoms with Gasteiger partial charge in [-0.15, -0.1) is 0 Å². The first-order valence-electron chi connectivity index (χ1n) is 7.95. The Morgan fingerprint density at radius 1 is 1.29 bits per heavy atom. The number of halogens is 1. The SMILES string of the molecule is Cc1occc1C(=O)N1CCCC(C(=O)Nc2ccccc2F)C1. The number of benzene rings is 1. The van der Waals surface area contributed by atoms with Crippen LogP contribution in [0.25, 0.3) is 0 Å². The molecule has 1 aliphatic heterocycles. The predicted molar refractivity (Wildman–Crippen MR) is 87.1 cm³/mol. The van der Waals surface area contributed by atoms with Crippen molar-refractivity contribution in [1.29, 1.82) is 0 Å².